The van der Waals surface area contributed by atoms with E-state index in [4.69, 9.17) is 0 Å². The Hall–Kier alpha value is -1.69. The fourth-order valence-corrected chi connectivity index (χ4v) is 2.33. The average Bonchev–Trinajstić information content (AvgIpc) is 2.49. The number of anilines is 1. The van der Waals surface area contributed by atoms with Crippen LogP contribution in [0.2, 0.25) is 0 Å². The summed E-state index contributed by atoms with van der Waals surface area (Å²) in [6, 6.07) is 8.04. The van der Waals surface area contributed by atoms with Crippen molar-refractivity contribution in [2.45, 2.75) is 13.0 Å². The van der Waals surface area contributed by atoms with Crippen LogP contribution in [0.15, 0.2) is 24.3 Å². The number of ether oxygens (including phenoxy) is 1. The van der Waals surface area contributed by atoms with Crippen molar-refractivity contribution in [3.05, 3.63) is 29.8 Å². The average molecular weight is 310 g/mol. The fraction of sp³-hybridized carbons (Fsp3) is 0.467. The molecule has 0 saturated heterocycles. The van der Waals surface area contributed by atoms with Crippen LogP contribution in [-0.4, -0.2) is 44.6 Å². The van der Waals surface area contributed by atoms with Crippen LogP contribution in [0.4, 0.5) is 5.69 Å². The lowest BCUT2D eigenvalue weighted by Crippen LogP contribution is -2.24. The zero-order valence-electron chi connectivity index (χ0n) is 12.7. The van der Waals surface area contributed by atoms with Crippen LogP contribution < -0.4 is 10.2 Å². The van der Waals surface area contributed by atoms with Crippen LogP contribution in [0.25, 0.3) is 0 Å². The number of esters is 1. The van der Waals surface area contributed by atoms with Gasteiger partial charge in [0.25, 0.3) is 0 Å². The Morgan fingerprint density at radius 3 is 2.48 bits per heavy atom. The number of thioether (sulfide) groups is 1. The van der Waals surface area contributed by atoms with Gasteiger partial charge in [0.15, 0.2) is 0 Å². The Balaban J connectivity index is 2.22. The van der Waals surface area contributed by atoms with Gasteiger partial charge >= 0.3 is 5.97 Å². The first-order chi connectivity index (χ1) is 10.0. The number of amides is 1. The zero-order valence-corrected chi connectivity index (χ0v) is 13.5. The Bertz CT molecular complexity index is 460. The summed E-state index contributed by atoms with van der Waals surface area (Å²) in [6.45, 7) is 0.518. The molecular weight excluding hydrogens is 288 g/mol. The summed E-state index contributed by atoms with van der Waals surface area (Å²) in [6.07, 6.45) is 0.334. The maximum atomic E-state index is 11.6. The van der Waals surface area contributed by atoms with Gasteiger partial charge in [0.05, 0.1) is 19.3 Å². The van der Waals surface area contributed by atoms with E-state index < -0.39 is 0 Å². The summed E-state index contributed by atoms with van der Waals surface area (Å²) < 4.78 is 4.53. The molecular formula is C15H22N2O3S. The van der Waals surface area contributed by atoms with Gasteiger partial charge in [-0.15, -0.1) is 0 Å². The highest BCUT2D eigenvalue weighted by Crippen LogP contribution is 2.12. The van der Waals surface area contributed by atoms with Gasteiger partial charge < -0.3 is 15.0 Å². The largest absolute Gasteiger partial charge is 0.469 e. The number of rotatable bonds is 8. The van der Waals surface area contributed by atoms with Gasteiger partial charge in [-0.1, -0.05) is 12.1 Å². The highest BCUT2D eigenvalue weighted by atomic mass is 32.2. The summed E-state index contributed by atoms with van der Waals surface area (Å²) in [5.41, 5.74) is 2.19. The highest BCUT2D eigenvalue weighted by Gasteiger charge is 2.04. The van der Waals surface area contributed by atoms with Crippen LogP contribution in [-0.2, 0) is 20.9 Å². The van der Waals surface area contributed by atoms with Gasteiger partial charge in [0, 0.05) is 32.1 Å². The Morgan fingerprint density at radius 2 is 1.90 bits per heavy atom. The van der Waals surface area contributed by atoms with Crippen LogP contribution in [0.3, 0.4) is 0 Å². The third kappa shape index (κ3) is 7.04. The second kappa shape index (κ2) is 9.28. The molecule has 0 aliphatic rings. The zero-order chi connectivity index (χ0) is 15.7. The predicted octanol–water partition coefficient (Wildman–Crippen LogP) is 1.67. The van der Waals surface area contributed by atoms with Gasteiger partial charge in [-0.25, -0.2) is 0 Å². The molecule has 0 spiro atoms. The molecule has 1 aromatic rings. The summed E-state index contributed by atoms with van der Waals surface area (Å²) >= 11 is 1.43. The van der Waals surface area contributed by atoms with E-state index in [0.29, 0.717) is 24.5 Å². The quantitative estimate of drug-likeness (QED) is 0.584. The van der Waals surface area contributed by atoms with Crippen molar-refractivity contribution in [3.8, 4) is 0 Å². The number of hydrogen-bond donors (Lipinski definition) is 1. The number of carbonyl (C=O) groups is 2. The monoisotopic (exact) mass is 310 g/mol. The van der Waals surface area contributed by atoms with Crippen molar-refractivity contribution in [1.82, 2.24) is 5.32 Å². The summed E-state index contributed by atoms with van der Waals surface area (Å²) in [7, 11) is 5.34. The molecule has 1 rings (SSSR count). The first-order valence-corrected chi connectivity index (χ1v) is 7.86. The molecule has 0 bridgehead atoms. The number of methoxy groups -OCH3 is 1. The van der Waals surface area contributed by atoms with Crippen molar-refractivity contribution in [1.29, 1.82) is 0 Å². The molecule has 5 nitrogen and oxygen atoms in total. The fourth-order valence-electron chi connectivity index (χ4n) is 1.59. The second-order valence-corrected chi connectivity index (χ2v) is 5.82. The molecule has 1 aromatic carbocycles. The lowest BCUT2D eigenvalue weighted by molar-refractivity contribution is -0.140. The normalized spacial score (nSPS) is 10.0. The molecule has 0 unspecified atom stereocenters. The topological polar surface area (TPSA) is 58.6 Å². The van der Waals surface area contributed by atoms with E-state index in [1.54, 1.807) is 0 Å². The van der Waals surface area contributed by atoms with Crippen molar-refractivity contribution in [2.75, 3.05) is 37.6 Å². The molecule has 21 heavy (non-hydrogen) atoms. The maximum absolute atomic E-state index is 11.6. The van der Waals surface area contributed by atoms with Crippen LogP contribution in [0, 0.1) is 0 Å². The molecule has 0 fully saturated rings. The smallest absolute Gasteiger partial charge is 0.306 e. The number of benzene rings is 1. The maximum Gasteiger partial charge on any atom is 0.306 e. The van der Waals surface area contributed by atoms with Gasteiger partial charge in [-0.05, 0) is 17.7 Å². The first-order valence-electron chi connectivity index (χ1n) is 6.70. The van der Waals surface area contributed by atoms with Gasteiger partial charge in [0.2, 0.25) is 5.91 Å². The summed E-state index contributed by atoms with van der Waals surface area (Å²) in [4.78, 5) is 24.6. The summed E-state index contributed by atoms with van der Waals surface area (Å²) in [5.74, 6) is 0.676. The molecule has 1 N–H and O–H groups in total. The van der Waals surface area contributed by atoms with Gasteiger partial charge in [-0.3, -0.25) is 9.59 Å². The molecule has 0 saturated carbocycles. The van der Waals surface area contributed by atoms with Gasteiger partial charge in [0.1, 0.15) is 0 Å². The van der Waals surface area contributed by atoms with E-state index in [2.05, 4.69) is 10.1 Å². The number of nitrogens with zero attached hydrogens (tertiary/aromatic N) is 1. The third-order valence-corrected chi connectivity index (χ3v) is 3.81. The molecule has 1 amide bonds. The predicted molar refractivity (Wildman–Crippen MR) is 86.6 cm³/mol. The molecule has 6 heteroatoms. The lowest BCUT2D eigenvalue weighted by atomic mass is 10.2. The minimum Gasteiger partial charge on any atom is -0.469 e. The molecule has 0 heterocycles. The minimum atomic E-state index is -0.246. The molecule has 0 aliphatic carbocycles. The number of carbonyl (C=O) groups excluding carboxylic acids is 2. The lowest BCUT2D eigenvalue weighted by Gasteiger charge is -2.12. The Kier molecular flexibility index (Phi) is 7.68. The van der Waals surface area contributed by atoms with E-state index >= 15 is 0 Å². The van der Waals surface area contributed by atoms with Gasteiger partial charge in [-0.2, -0.15) is 11.8 Å². The molecule has 0 atom stereocenters. The molecule has 0 radical (unpaired) electrons. The van der Waals surface area contributed by atoms with E-state index in [0.717, 1.165) is 11.3 Å². The first kappa shape index (κ1) is 17.4. The Labute approximate surface area is 130 Å². The van der Waals surface area contributed by atoms with E-state index in [1.807, 2.05) is 43.3 Å². The van der Waals surface area contributed by atoms with E-state index in [-0.39, 0.29) is 11.9 Å². The van der Waals surface area contributed by atoms with Crippen LogP contribution >= 0.6 is 11.8 Å². The van der Waals surface area contributed by atoms with Crippen LogP contribution in [0.5, 0.6) is 0 Å². The third-order valence-electron chi connectivity index (χ3n) is 2.85. The summed E-state index contributed by atoms with van der Waals surface area (Å²) in [5, 5.41) is 2.86. The standard InChI is InChI=1S/C15H22N2O3S/c1-17(2)13-6-4-12(5-7-13)10-16-14(18)11-21-9-8-15(19)20-3/h4-7H,8-11H2,1-3H3,(H,16,18). The molecule has 0 aromatic heterocycles. The van der Waals surface area contributed by atoms with E-state index in [1.165, 1.54) is 18.9 Å². The molecule has 116 valence electrons. The van der Waals surface area contributed by atoms with Crippen LogP contribution in [0.1, 0.15) is 12.0 Å². The van der Waals surface area contributed by atoms with Crippen molar-refractivity contribution in [3.63, 3.8) is 0 Å². The van der Waals surface area contributed by atoms with Crippen molar-refractivity contribution in [2.24, 2.45) is 0 Å². The SMILES string of the molecule is COC(=O)CCSCC(=O)NCc1ccc(N(C)C)cc1. The minimum absolute atomic E-state index is 0.0263. The Morgan fingerprint density at radius 1 is 1.24 bits per heavy atom. The second-order valence-electron chi connectivity index (χ2n) is 4.72. The van der Waals surface area contributed by atoms with E-state index in [9.17, 15) is 9.59 Å². The number of nitrogens with one attached hydrogen (secondary N) is 1. The highest BCUT2D eigenvalue weighted by molar-refractivity contribution is 7.99. The van der Waals surface area contributed by atoms with Crippen molar-refractivity contribution < 1.29 is 14.3 Å². The number of hydrogen-bond acceptors (Lipinski definition) is 5. The molecule has 0 aliphatic heterocycles. The van der Waals surface area contributed by atoms with Crippen molar-refractivity contribution >= 4 is 29.3 Å².